The topological polar surface area (TPSA) is 58.1 Å². The SMILES string of the molecule is O=C(NN1CCCCC1)c1cnc(C(F)(F)F)nc1. The highest BCUT2D eigenvalue weighted by molar-refractivity contribution is 5.93. The van der Waals surface area contributed by atoms with Crippen molar-refractivity contribution in [3.8, 4) is 0 Å². The van der Waals surface area contributed by atoms with E-state index in [1.165, 1.54) is 0 Å². The van der Waals surface area contributed by atoms with Crippen LogP contribution >= 0.6 is 0 Å². The van der Waals surface area contributed by atoms with Crippen LogP contribution in [0.4, 0.5) is 13.2 Å². The monoisotopic (exact) mass is 274 g/mol. The maximum Gasteiger partial charge on any atom is 0.451 e. The van der Waals surface area contributed by atoms with Gasteiger partial charge in [-0.05, 0) is 12.8 Å². The van der Waals surface area contributed by atoms with Gasteiger partial charge in [0.25, 0.3) is 5.91 Å². The molecule has 1 aliphatic heterocycles. The van der Waals surface area contributed by atoms with E-state index in [-0.39, 0.29) is 5.56 Å². The van der Waals surface area contributed by atoms with Gasteiger partial charge in [0.2, 0.25) is 5.82 Å². The summed E-state index contributed by atoms with van der Waals surface area (Å²) in [5.41, 5.74) is 2.64. The first-order valence-corrected chi connectivity index (χ1v) is 5.92. The van der Waals surface area contributed by atoms with E-state index >= 15 is 0 Å². The standard InChI is InChI=1S/C11H13F3N4O/c12-11(13,14)10-15-6-8(7-16-10)9(19)17-18-4-2-1-3-5-18/h6-7H,1-5H2,(H,17,19). The van der Waals surface area contributed by atoms with Crippen LogP contribution in [0.3, 0.4) is 0 Å². The molecule has 2 heterocycles. The van der Waals surface area contributed by atoms with Crippen molar-refractivity contribution >= 4 is 5.91 Å². The summed E-state index contributed by atoms with van der Waals surface area (Å²) in [6.45, 7) is 1.49. The van der Waals surface area contributed by atoms with Crippen molar-refractivity contribution in [1.82, 2.24) is 20.4 Å². The van der Waals surface area contributed by atoms with Crippen LogP contribution in [0.1, 0.15) is 35.4 Å². The quantitative estimate of drug-likeness (QED) is 0.890. The maximum atomic E-state index is 12.3. The van der Waals surface area contributed by atoms with E-state index in [1.807, 2.05) is 0 Å². The van der Waals surface area contributed by atoms with E-state index in [1.54, 1.807) is 5.01 Å². The van der Waals surface area contributed by atoms with Crippen LogP contribution in [0, 0.1) is 0 Å². The van der Waals surface area contributed by atoms with Crippen molar-refractivity contribution in [2.24, 2.45) is 0 Å². The number of hydrogen-bond donors (Lipinski definition) is 1. The summed E-state index contributed by atoms with van der Waals surface area (Å²) in [6.07, 6.45) is 0.273. The second-order valence-corrected chi connectivity index (χ2v) is 4.28. The lowest BCUT2D eigenvalue weighted by Crippen LogP contribution is -2.45. The lowest BCUT2D eigenvalue weighted by atomic mass is 10.2. The molecular formula is C11H13F3N4O. The van der Waals surface area contributed by atoms with Crippen LogP contribution < -0.4 is 5.43 Å². The molecule has 0 unspecified atom stereocenters. The van der Waals surface area contributed by atoms with Gasteiger partial charge in [0, 0.05) is 25.5 Å². The number of hydrogen-bond acceptors (Lipinski definition) is 4. The third-order valence-corrected chi connectivity index (χ3v) is 2.78. The van der Waals surface area contributed by atoms with Crippen molar-refractivity contribution in [2.45, 2.75) is 25.4 Å². The molecule has 1 aromatic rings. The molecule has 0 atom stereocenters. The number of halogens is 3. The molecule has 0 bridgehead atoms. The molecule has 0 aromatic carbocycles. The van der Waals surface area contributed by atoms with E-state index in [0.29, 0.717) is 0 Å². The average molecular weight is 274 g/mol. The summed E-state index contributed by atoms with van der Waals surface area (Å²) in [7, 11) is 0. The largest absolute Gasteiger partial charge is 0.451 e. The Labute approximate surface area is 107 Å². The Balaban J connectivity index is 1.99. The molecular weight excluding hydrogens is 261 g/mol. The molecule has 8 heteroatoms. The minimum absolute atomic E-state index is 0.0126. The fourth-order valence-corrected chi connectivity index (χ4v) is 1.81. The number of alkyl halides is 3. The van der Waals surface area contributed by atoms with Crippen molar-refractivity contribution in [2.75, 3.05) is 13.1 Å². The molecule has 5 nitrogen and oxygen atoms in total. The van der Waals surface area contributed by atoms with Gasteiger partial charge in [-0.2, -0.15) is 13.2 Å². The van der Waals surface area contributed by atoms with Gasteiger partial charge < -0.3 is 0 Å². The number of piperidine rings is 1. The maximum absolute atomic E-state index is 12.3. The Kier molecular flexibility index (Phi) is 3.98. The lowest BCUT2D eigenvalue weighted by molar-refractivity contribution is -0.145. The summed E-state index contributed by atoms with van der Waals surface area (Å²) in [6, 6.07) is 0. The number of nitrogens with zero attached hydrogens (tertiary/aromatic N) is 3. The average Bonchev–Trinajstić information content (AvgIpc) is 2.39. The molecule has 1 amide bonds. The van der Waals surface area contributed by atoms with Gasteiger partial charge in [0.05, 0.1) is 5.56 Å². The minimum Gasteiger partial charge on any atom is -0.285 e. The van der Waals surface area contributed by atoms with E-state index < -0.39 is 17.9 Å². The second-order valence-electron chi connectivity index (χ2n) is 4.28. The number of carbonyl (C=O) groups is 1. The Morgan fingerprint density at radius 3 is 2.26 bits per heavy atom. The van der Waals surface area contributed by atoms with E-state index in [0.717, 1.165) is 44.7 Å². The van der Waals surface area contributed by atoms with Gasteiger partial charge in [0.15, 0.2) is 0 Å². The zero-order valence-electron chi connectivity index (χ0n) is 10.1. The molecule has 1 aliphatic rings. The first kappa shape index (κ1) is 13.7. The van der Waals surface area contributed by atoms with E-state index in [4.69, 9.17) is 0 Å². The fraction of sp³-hybridized carbons (Fsp3) is 0.545. The molecule has 0 aliphatic carbocycles. The van der Waals surface area contributed by atoms with Gasteiger partial charge in [-0.15, -0.1) is 0 Å². The van der Waals surface area contributed by atoms with E-state index in [9.17, 15) is 18.0 Å². The number of aromatic nitrogens is 2. The lowest BCUT2D eigenvalue weighted by Gasteiger charge is -2.26. The predicted molar refractivity (Wildman–Crippen MR) is 59.9 cm³/mol. The van der Waals surface area contributed by atoms with Crippen LogP contribution in [0.2, 0.25) is 0 Å². The normalized spacial score (nSPS) is 17.2. The first-order chi connectivity index (χ1) is 8.97. The van der Waals surface area contributed by atoms with Crippen molar-refractivity contribution in [1.29, 1.82) is 0 Å². The number of amides is 1. The number of nitrogens with one attached hydrogen (secondary N) is 1. The zero-order valence-corrected chi connectivity index (χ0v) is 10.1. The predicted octanol–water partition coefficient (Wildman–Crippen LogP) is 1.63. The Morgan fingerprint density at radius 1 is 1.16 bits per heavy atom. The molecule has 0 spiro atoms. The summed E-state index contributed by atoms with van der Waals surface area (Å²) >= 11 is 0. The van der Waals surface area contributed by atoms with Crippen LogP contribution in [-0.4, -0.2) is 34.0 Å². The molecule has 2 rings (SSSR count). The highest BCUT2D eigenvalue weighted by Crippen LogP contribution is 2.25. The van der Waals surface area contributed by atoms with Crippen molar-refractivity contribution < 1.29 is 18.0 Å². The smallest absolute Gasteiger partial charge is 0.285 e. The summed E-state index contributed by atoms with van der Waals surface area (Å²) < 4.78 is 36.8. The number of carbonyl (C=O) groups excluding carboxylic acids is 1. The Hall–Kier alpha value is -1.70. The second kappa shape index (κ2) is 5.52. The van der Waals surface area contributed by atoms with Crippen molar-refractivity contribution in [3.05, 3.63) is 23.8 Å². The molecule has 19 heavy (non-hydrogen) atoms. The Bertz CT molecular complexity index is 440. The van der Waals surface area contributed by atoms with Gasteiger partial charge in [-0.25, -0.2) is 15.0 Å². The minimum atomic E-state index is -4.60. The van der Waals surface area contributed by atoms with Crippen molar-refractivity contribution in [3.63, 3.8) is 0 Å². The first-order valence-electron chi connectivity index (χ1n) is 5.92. The number of rotatable bonds is 2. The molecule has 1 fully saturated rings. The van der Waals surface area contributed by atoms with Gasteiger partial charge >= 0.3 is 6.18 Å². The van der Waals surface area contributed by atoms with Crippen LogP contribution in [0.25, 0.3) is 0 Å². The fourth-order valence-electron chi connectivity index (χ4n) is 1.81. The van der Waals surface area contributed by atoms with Crippen LogP contribution in [0.15, 0.2) is 12.4 Å². The summed E-state index contributed by atoms with van der Waals surface area (Å²) in [4.78, 5) is 18.1. The van der Waals surface area contributed by atoms with Gasteiger partial charge in [0.1, 0.15) is 0 Å². The summed E-state index contributed by atoms with van der Waals surface area (Å²) in [5.74, 6) is -1.74. The third kappa shape index (κ3) is 3.63. The zero-order chi connectivity index (χ0) is 13.9. The summed E-state index contributed by atoms with van der Waals surface area (Å²) in [5, 5.41) is 1.75. The number of hydrazine groups is 1. The molecule has 0 saturated carbocycles. The molecule has 1 aromatic heterocycles. The van der Waals surface area contributed by atoms with Gasteiger partial charge in [-0.3, -0.25) is 10.2 Å². The van der Waals surface area contributed by atoms with Crippen LogP contribution in [0.5, 0.6) is 0 Å². The van der Waals surface area contributed by atoms with Gasteiger partial charge in [-0.1, -0.05) is 6.42 Å². The molecule has 1 N–H and O–H groups in total. The third-order valence-electron chi connectivity index (χ3n) is 2.78. The highest BCUT2D eigenvalue weighted by Gasteiger charge is 2.34. The molecule has 1 saturated heterocycles. The highest BCUT2D eigenvalue weighted by atomic mass is 19.4. The van der Waals surface area contributed by atoms with Crippen LogP contribution in [-0.2, 0) is 6.18 Å². The molecule has 104 valence electrons. The molecule has 0 radical (unpaired) electrons. The van der Waals surface area contributed by atoms with E-state index in [2.05, 4.69) is 15.4 Å². The Morgan fingerprint density at radius 2 is 1.74 bits per heavy atom.